The molecule has 0 spiro atoms. The number of rotatable bonds is 2. The minimum Gasteiger partial charge on any atom is -0.330 e. The van der Waals surface area contributed by atoms with Crippen molar-refractivity contribution in [2.75, 3.05) is 6.54 Å². The highest BCUT2D eigenvalue weighted by Crippen LogP contribution is 1.77. The van der Waals surface area contributed by atoms with Crippen LogP contribution in [0, 0.1) is 0 Å². The van der Waals surface area contributed by atoms with E-state index in [0.29, 0.717) is 0 Å². The monoisotopic (exact) mass is 210 g/mol. The molecule has 60 valence electrons. The molecule has 0 aromatic carbocycles. The molecule has 0 saturated carbocycles. The number of halogens is 2. The van der Waals surface area contributed by atoms with E-state index >= 15 is 0 Å². The molecule has 0 rings (SSSR count). The predicted octanol–water partition coefficient (Wildman–Crippen LogP) is 1.91. The Hall–Kier alpha value is 1.06. The van der Waals surface area contributed by atoms with Crippen molar-refractivity contribution in [2.24, 2.45) is 5.73 Å². The number of hydrogen-bond acceptors (Lipinski definition) is 2. The van der Waals surface area contributed by atoms with Crippen LogP contribution in [0.25, 0.3) is 0 Å². The van der Waals surface area contributed by atoms with Gasteiger partial charge in [-0.15, -0.1) is 24.8 Å². The fraction of sp³-hybridized carbons (Fsp3) is 1.00. The second-order valence-corrected chi connectivity index (χ2v) is 1.14. The van der Waals surface area contributed by atoms with E-state index in [0.717, 1.165) is 6.54 Å². The minimum atomic E-state index is 0. The Kier molecular flexibility index (Phi) is 89.2. The van der Waals surface area contributed by atoms with Gasteiger partial charge in [-0.3, -0.25) is 0 Å². The molecule has 0 aliphatic heterocycles. The first-order valence-corrected chi connectivity index (χ1v) is 4.24. The molecule has 0 saturated heterocycles. The molecule has 5 heteroatoms. The molecule has 0 aliphatic carbocycles. The van der Waals surface area contributed by atoms with E-state index in [1.54, 1.807) is 0 Å². The normalized spacial score (nSPS) is 5.11. The molecule has 1 unspecified atom stereocenters. The first-order chi connectivity index (χ1) is 3.41. The molecule has 0 aromatic rings. The van der Waals surface area contributed by atoms with Gasteiger partial charge >= 0.3 is 0 Å². The quantitative estimate of drug-likeness (QED) is 0.706. The zero-order valence-electron chi connectivity index (χ0n) is 5.50. The van der Waals surface area contributed by atoms with Gasteiger partial charge in [0.05, 0.1) is 0 Å². The van der Waals surface area contributed by atoms with Gasteiger partial charge in [-0.1, -0.05) is 13.3 Å². The summed E-state index contributed by atoms with van der Waals surface area (Å²) in [6, 6.07) is 0. The summed E-state index contributed by atoms with van der Waals surface area (Å²) in [4.78, 5) is 0. The van der Waals surface area contributed by atoms with E-state index in [-0.39, 0.29) is 24.8 Å². The molecular weight excluding hydrogens is 196 g/mol. The standard InChI is InChI=1S/C4H11N.2ClH.HPS/c1-2-3-4-5;;;1-2/h2-5H2,1H3;2*1H;1H/p+1. The van der Waals surface area contributed by atoms with E-state index < -0.39 is 0 Å². The van der Waals surface area contributed by atoms with Gasteiger partial charge in [-0.25, -0.2) is 0 Å². The van der Waals surface area contributed by atoms with Crippen LogP contribution >= 0.6 is 32.8 Å². The van der Waals surface area contributed by atoms with E-state index in [4.69, 9.17) is 5.73 Å². The smallest absolute Gasteiger partial charge is 0.153 e. The molecule has 1 atom stereocenters. The lowest BCUT2D eigenvalue weighted by Gasteiger charge is -1.80. The van der Waals surface area contributed by atoms with Crippen molar-refractivity contribution in [3.8, 4) is 0 Å². The van der Waals surface area contributed by atoms with Gasteiger partial charge < -0.3 is 5.73 Å². The lowest BCUT2D eigenvalue weighted by molar-refractivity contribution is 0.807. The van der Waals surface area contributed by atoms with Gasteiger partial charge in [0.15, 0.2) is 11.8 Å². The Balaban J connectivity index is -0.0000000286. The molecule has 1 nitrogen and oxygen atoms in total. The molecular formula is C4H15Cl2NPS+. The van der Waals surface area contributed by atoms with E-state index in [9.17, 15) is 0 Å². The molecule has 0 aromatic heterocycles. The molecule has 2 N–H and O–H groups in total. The molecule has 0 amide bonds. The first-order valence-electron chi connectivity index (χ1n) is 2.35. The van der Waals surface area contributed by atoms with Crippen molar-refractivity contribution in [1.29, 1.82) is 0 Å². The van der Waals surface area contributed by atoms with Crippen LogP contribution in [-0.4, -0.2) is 6.54 Å². The van der Waals surface area contributed by atoms with Crippen LogP contribution in [0.1, 0.15) is 19.8 Å². The summed E-state index contributed by atoms with van der Waals surface area (Å²) < 4.78 is 0. The van der Waals surface area contributed by atoms with E-state index in [1.807, 2.05) is 8.02 Å². The molecule has 0 radical (unpaired) electrons. The number of nitrogens with two attached hydrogens (primary N) is 1. The van der Waals surface area contributed by atoms with Crippen molar-refractivity contribution in [1.82, 2.24) is 0 Å². The Labute approximate surface area is 76.9 Å². The largest absolute Gasteiger partial charge is 0.330 e. The highest BCUT2D eigenvalue weighted by molar-refractivity contribution is 7.88. The highest BCUT2D eigenvalue weighted by atomic mass is 35.5. The van der Waals surface area contributed by atoms with E-state index in [1.165, 1.54) is 12.8 Å². The fourth-order valence-corrected chi connectivity index (χ4v) is 0.204. The second-order valence-electron chi connectivity index (χ2n) is 1.14. The van der Waals surface area contributed by atoms with Crippen LogP contribution in [0.5, 0.6) is 0 Å². The molecule has 0 aliphatic rings. The Morgan fingerprint density at radius 2 is 1.67 bits per heavy atom. The van der Waals surface area contributed by atoms with Crippen LogP contribution in [-0.2, 0) is 11.8 Å². The zero-order chi connectivity index (χ0) is 6.12. The van der Waals surface area contributed by atoms with Crippen LogP contribution in [0.4, 0.5) is 0 Å². The average molecular weight is 211 g/mol. The van der Waals surface area contributed by atoms with Crippen LogP contribution in [0.15, 0.2) is 0 Å². The average Bonchev–Trinajstić information content (AvgIpc) is 1.75. The third-order valence-corrected chi connectivity index (χ3v) is 0.558. The Bertz CT molecular complexity index is 32.5. The van der Waals surface area contributed by atoms with Gasteiger partial charge in [-0.05, 0) is 13.0 Å². The lowest BCUT2D eigenvalue weighted by Crippen LogP contribution is -1.95. The fourth-order valence-electron chi connectivity index (χ4n) is 0.204. The van der Waals surface area contributed by atoms with Crippen LogP contribution < -0.4 is 5.73 Å². The molecule has 0 heterocycles. The highest BCUT2D eigenvalue weighted by Gasteiger charge is 1.67. The summed E-state index contributed by atoms with van der Waals surface area (Å²) >= 11 is 4.00. The van der Waals surface area contributed by atoms with Crippen LogP contribution in [0.3, 0.4) is 0 Å². The maximum absolute atomic E-state index is 5.14. The van der Waals surface area contributed by atoms with Crippen molar-refractivity contribution < 1.29 is 0 Å². The van der Waals surface area contributed by atoms with Crippen LogP contribution in [0.2, 0.25) is 0 Å². The summed E-state index contributed by atoms with van der Waals surface area (Å²) in [5, 5.41) is 0. The third-order valence-electron chi connectivity index (χ3n) is 0.558. The number of unbranched alkanes of at least 4 members (excludes halogenated alkanes) is 1. The summed E-state index contributed by atoms with van der Waals surface area (Å²) in [7, 11) is 2.00. The molecule has 0 fully saturated rings. The Morgan fingerprint density at radius 3 is 1.67 bits per heavy atom. The summed E-state index contributed by atoms with van der Waals surface area (Å²) in [6.07, 6.45) is 2.39. The van der Waals surface area contributed by atoms with Gasteiger partial charge in [0.1, 0.15) is 8.02 Å². The number of hydrogen-bond donors (Lipinski definition) is 1. The van der Waals surface area contributed by atoms with Gasteiger partial charge in [0.2, 0.25) is 0 Å². The molecule has 0 bridgehead atoms. The summed E-state index contributed by atoms with van der Waals surface area (Å²) in [5.41, 5.74) is 5.14. The summed E-state index contributed by atoms with van der Waals surface area (Å²) in [6.45, 7) is 2.98. The minimum absolute atomic E-state index is 0. The topological polar surface area (TPSA) is 26.0 Å². The third kappa shape index (κ3) is 48.2. The van der Waals surface area contributed by atoms with Crippen molar-refractivity contribution in [2.45, 2.75) is 19.8 Å². The van der Waals surface area contributed by atoms with E-state index in [2.05, 4.69) is 18.7 Å². The maximum atomic E-state index is 5.14. The second kappa shape index (κ2) is 35.7. The SMILES string of the molecule is CCCCN.Cl.Cl.[PH2+]=S. The van der Waals surface area contributed by atoms with Gasteiger partial charge in [0.25, 0.3) is 0 Å². The van der Waals surface area contributed by atoms with Crippen molar-refractivity contribution in [3.63, 3.8) is 0 Å². The van der Waals surface area contributed by atoms with Gasteiger partial charge in [0, 0.05) is 0 Å². The van der Waals surface area contributed by atoms with Crippen molar-refractivity contribution >= 4 is 44.6 Å². The zero-order valence-corrected chi connectivity index (χ0v) is 9.10. The maximum Gasteiger partial charge on any atom is 0.153 e. The lowest BCUT2D eigenvalue weighted by atomic mass is 10.3. The van der Waals surface area contributed by atoms with Crippen molar-refractivity contribution in [3.05, 3.63) is 0 Å². The Morgan fingerprint density at radius 1 is 1.33 bits per heavy atom. The summed E-state index contributed by atoms with van der Waals surface area (Å²) in [5.74, 6) is 0. The predicted molar refractivity (Wildman–Crippen MR) is 55.5 cm³/mol. The molecule has 9 heavy (non-hydrogen) atoms. The van der Waals surface area contributed by atoms with Gasteiger partial charge in [-0.2, -0.15) is 0 Å². The first kappa shape index (κ1) is 22.5.